The van der Waals surface area contributed by atoms with Crippen molar-refractivity contribution in [2.75, 3.05) is 0 Å². The van der Waals surface area contributed by atoms with Crippen LogP contribution in [0.25, 0.3) is 0 Å². The largest absolute Gasteiger partial charge is 0.480 e. The van der Waals surface area contributed by atoms with Crippen molar-refractivity contribution < 1.29 is 14.7 Å². The van der Waals surface area contributed by atoms with Crippen LogP contribution >= 0.6 is 11.6 Å². The molecule has 0 bridgehead atoms. The summed E-state index contributed by atoms with van der Waals surface area (Å²) in [6.07, 6.45) is 4.50. The summed E-state index contributed by atoms with van der Waals surface area (Å²) in [6, 6.07) is 5.35. The lowest BCUT2D eigenvalue weighted by atomic mass is 10.1. The van der Waals surface area contributed by atoms with Gasteiger partial charge in [0.05, 0.1) is 5.56 Å². The number of nitrogens with zero attached hydrogens (tertiary/aromatic N) is 2. The molecule has 2 rings (SSSR count). The third kappa shape index (κ3) is 4.25. The molecule has 0 aliphatic rings. The monoisotopic (exact) mass is 305 g/mol. The van der Waals surface area contributed by atoms with E-state index in [0.29, 0.717) is 16.3 Å². The van der Waals surface area contributed by atoms with Gasteiger partial charge in [-0.2, -0.15) is 0 Å². The van der Waals surface area contributed by atoms with Gasteiger partial charge in [0.15, 0.2) is 0 Å². The van der Waals surface area contributed by atoms with E-state index in [1.807, 2.05) is 0 Å². The van der Waals surface area contributed by atoms with Crippen LogP contribution in [0.3, 0.4) is 0 Å². The van der Waals surface area contributed by atoms with Crippen molar-refractivity contribution in [3.63, 3.8) is 0 Å². The average Bonchev–Trinajstić information content (AvgIpc) is 2.49. The van der Waals surface area contributed by atoms with Crippen molar-refractivity contribution in [3.8, 4) is 0 Å². The van der Waals surface area contributed by atoms with Gasteiger partial charge in [-0.15, -0.1) is 0 Å². The lowest BCUT2D eigenvalue weighted by Crippen LogP contribution is -2.42. The number of carboxylic acid groups (broad SMARTS) is 1. The maximum atomic E-state index is 12.0. The van der Waals surface area contributed by atoms with E-state index < -0.39 is 17.9 Å². The first kappa shape index (κ1) is 14.9. The minimum Gasteiger partial charge on any atom is -0.480 e. The van der Waals surface area contributed by atoms with E-state index in [0.717, 1.165) is 0 Å². The number of amides is 1. The van der Waals surface area contributed by atoms with E-state index in [4.69, 9.17) is 11.6 Å². The fourth-order valence-corrected chi connectivity index (χ4v) is 1.81. The van der Waals surface area contributed by atoms with Gasteiger partial charge in [-0.05, 0) is 23.8 Å². The molecule has 0 unspecified atom stereocenters. The quantitative estimate of drug-likeness (QED) is 0.818. The maximum absolute atomic E-state index is 12.0. The minimum atomic E-state index is -1.12. The second-order valence-electron chi connectivity index (χ2n) is 4.30. The number of hydrogen-bond donors (Lipinski definition) is 2. The summed E-state index contributed by atoms with van der Waals surface area (Å²) in [5.74, 6) is -1.61. The summed E-state index contributed by atoms with van der Waals surface area (Å²) in [7, 11) is 0. The molecular formula is C14H12ClN3O3. The Balaban J connectivity index is 2.07. The Morgan fingerprint density at radius 3 is 2.67 bits per heavy atom. The third-order valence-corrected chi connectivity index (χ3v) is 2.98. The average molecular weight is 306 g/mol. The van der Waals surface area contributed by atoms with Gasteiger partial charge in [-0.3, -0.25) is 9.78 Å². The highest BCUT2D eigenvalue weighted by Gasteiger charge is 2.21. The van der Waals surface area contributed by atoms with Crippen LogP contribution in [0.5, 0.6) is 0 Å². The second kappa shape index (κ2) is 6.81. The predicted molar refractivity (Wildman–Crippen MR) is 76.1 cm³/mol. The van der Waals surface area contributed by atoms with Gasteiger partial charge in [-0.1, -0.05) is 17.7 Å². The van der Waals surface area contributed by atoms with Crippen molar-refractivity contribution >= 4 is 23.5 Å². The lowest BCUT2D eigenvalue weighted by Gasteiger charge is -2.14. The molecule has 2 N–H and O–H groups in total. The van der Waals surface area contributed by atoms with Gasteiger partial charge in [0.1, 0.15) is 11.2 Å². The molecular weight excluding hydrogens is 294 g/mol. The summed E-state index contributed by atoms with van der Waals surface area (Å²) >= 11 is 5.67. The molecule has 0 aliphatic heterocycles. The number of nitrogens with one attached hydrogen (secondary N) is 1. The van der Waals surface area contributed by atoms with Crippen LogP contribution < -0.4 is 5.32 Å². The Labute approximate surface area is 125 Å². The van der Waals surface area contributed by atoms with Gasteiger partial charge in [0.2, 0.25) is 0 Å². The molecule has 6 nitrogen and oxygen atoms in total. The highest BCUT2D eigenvalue weighted by atomic mass is 35.5. The van der Waals surface area contributed by atoms with Crippen molar-refractivity contribution in [2.24, 2.45) is 0 Å². The number of aliphatic carboxylic acids is 1. The van der Waals surface area contributed by atoms with Crippen LogP contribution in [-0.4, -0.2) is 33.0 Å². The van der Waals surface area contributed by atoms with Crippen LogP contribution in [0.4, 0.5) is 0 Å². The molecule has 2 aromatic heterocycles. The minimum absolute atomic E-state index is 0.117. The Bertz CT molecular complexity index is 632. The summed E-state index contributed by atoms with van der Waals surface area (Å²) in [4.78, 5) is 30.9. The Morgan fingerprint density at radius 1 is 1.29 bits per heavy atom. The first-order valence-electron chi connectivity index (χ1n) is 6.10. The van der Waals surface area contributed by atoms with Crippen molar-refractivity contribution in [1.29, 1.82) is 0 Å². The fraction of sp³-hybridized carbons (Fsp3) is 0.143. The molecule has 108 valence electrons. The fourth-order valence-electron chi connectivity index (χ4n) is 1.70. The second-order valence-corrected chi connectivity index (χ2v) is 4.69. The molecule has 2 aromatic rings. The van der Waals surface area contributed by atoms with E-state index >= 15 is 0 Å². The molecule has 0 saturated heterocycles. The standard InChI is InChI=1S/C14H12ClN3O3/c15-12-4-3-9(7-17-12)6-11(14(20)21)18-13(19)10-2-1-5-16-8-10/h1-5,7-8,11H,6H2,(H,18,19)(H,20,21)/t11-/m1/s1. The number of hydrogen-bond acceptors (Lipinski definition) is 4. The van der Waals surface area contributed by atoms with Gasteiger partial charge in [0.25, 0.3) is 5.91 Å². The molecule has 0 radical (unpaired) electrons. The summed E-state index contributed by atoms with van der Waals surface area (Å²) in [6.45, 7) is 0. The van der Waals surface area contributed by atoms with Crippen molar-refractivity contribution in [1.82, 2.24) is 15.3 Å². The SMILES string of the molecule is O=C(N[C@H](Cc1ccc(Cl)nc1)C(=O)O)c1cccnc1. The van der Waals surface area contributed by atoms with Crippen LogP contribution in [-0.2, 0) is 11.2 Å². The number of carbonyl (C=O) groups is 2. The summed E-state index contributed by atoms with van der Waals surface area (Å²) in [5.41, 5.74) is 0.969. The van der Waals surface area contributed by atoms with E-state index in [1.165, 1.54) is 18.6 Å². The number of aromatic nitrogens is 2. The molecule has 1 amide bonds. The highest BCUT2D eigenvalue weighted by molar-refractivity contribution is 6.29. The first-order valence-corrected chi connectivity index (χ1v) is 6.48. The zero-order chi connectivity index (χ0) is 15.2. The summed E-state index contributed by atoms with van der Waals surface area (Å²) < 4.78 is 0. The zero-order valence-electron chi connectivity index (χ0n) is 10.9. The van der Waals surface area contributed by atoms with Gasteiger partial charge >= 0.3 is 5.97 Å². The zero-order valence-corrected chi connectivity index (χ0v) is 11.6. The molecule has 0 spiro atoms. The predicted octanol–water partition coefficient (Wildman–Crippen LogP) is 1.56. The first-order chi connectivity index (χ1) is 10.1. The molecule has 21 heavy (non-hydrogen) atoms. The number of rotatable bonds is 5. The highest BCUT2D eigenvalue weighted by Crippen LogP contribution is 2.08. The Morgan fingerprint density at radius 2 is 2.10 bits per heavy atom. The van der Waals surface area contributed by atoms with Crippen LogP contribution in [0, 0.1) is 0 Å². The normalized spacial score (nSPS) is 11.7. The van der Waals surface area contributed by atoms with Crippen LogP contribution in [0.15, 0.2) is 42.9 Å². The molecule has 0 aliphatic carbocycles. The smallest absolute Gasteiger partial charge is 0.326 e. The van der Waals surface area contributed by atoms with Gasteiger partial charge in [-0.25, -0.2) is 9.78 Å². The van der Waals surface area contributed by atoms with Crippen LogP contribution in [0.2, 0.25) is 5.15 Å². The number of halogens is 1. The number of carbonyl (C=O) groups excluding carboxylic acids is 1. The third-order valence-electron chi connectivity index (χ3n) is 2.76. The molecule has 7 heteroatoms. The Hall–Kier alpha value is -2.47. The molecule has 0 saturated carbocycles. The number of pyridine rings is 2. The van der Waals surface area contributed by atoms with Crippen molar-refractivity contribution in [2.45, 2.75) is 12.5 Å². The van der Waals surface area contributed by atoms with E-state index in [9.17, 15) is 14.7 Å². The molecule has 0 aromatic carbocycles. The van der Waals surface area contributed by atoms with Gasteiger partial charge < -0.3 is 10.4 Å². The molecule has 0 fully saturated rings. The molecule has 2 heterocycles. The van der Waals surface area contributed by atoms with Crippen molar-refractivity contribution in [3.05, 3.63) is 59.1 Å². The van der Waals surface area contributed by atoms with Crippen LogP contribution in [0.1, 0.15) is 15.9 Å². The maximum Gasteiger partial charge on any atom is 0.326 e. The lowest BCUT2D eigenvalue weighted by molar-refractivity contribution is -0.139. The number of carboxylic acids is 1. The van der Waals surface area contributed by atoms with E-state index in [-0.39, 0.29) is 6.42 Å². The van der Waals surface area contributed by atoms with E-state index in [2.05, 4.69) is 15.3 Å². The Kier molecular flexibility index (Phi) is 4.84. The van der Waals surface area contributed by atoms with Gasteiger partial charge in [0, 0.05) is 25.0 Å². The summed E-state index contributed by atoms with van der Waals surface area (Å²) in [5, 5.41) is 12.0. The van der Waals surface area contributed by atoms with E-state index in [1.54, 1.807) is 24.3 Å². The molecule has 1 atom stereocenters. The topological polar surface area (TPSA) is 92.2 Å².